The van der Waals surface area contributed by atoms with Crippen LogP contribution < -0.4 is 4.74 Å². The van der Waals surface area contributed by atoms with Crippen LogP contribution in [0.5, 0.6) is 5.88 Å². The molecule has 0 bridgehead atoms. The molecule has 1 aromatic rings. The molecule has 1 aliphatic rings. The van der Waals surface area contributed by atoms with Crippen LogP contribution in [0.15, 0.2) is 18.3 Å². The molecule has 1 fully saturated rings. The number of carbonyl (C=O) groups excluding carboxylic acids is 1. The molecule has 2 rings (SSSR count). The van der Waals surface area contributed by atoms with E-state index in [1.165, 1.54) is 0 Å². The highest BCUT2D eigenvalue weighted by molar-refractivity contribution is 7.86. The van der Waals surface area contributed by atoms with Gasteiger partial charge in [-0.1, -0.05) is 0 Å². The molecular formula is C16H24N2O3S. The van der Waals surface area contributed by atoms with Gasteiger partial charge in [0.2, 0.25) is 5.88 Å². The smallest absolute Gasteiger partial charge is 0.255 e. The van der Waals surface area contributed by atoms with E-state index in [0.29, 0.717) is 30.3 Å². The molecule has 0 spiro atoms. The van der Waals surface area contributed by atoms with Gasteiger partial charge in [-0.25, -0.2) is 4.98 Å². The Kier molecular flexibility index (Phi) is 4.61. The van der Waals surface area contributed by atoms with Crippen molar-refractivity contribution in [3.05, 3.63) is 23.9 Å². The minimum Gasteiger partial charge on any atom is -0.472 e. The number of amides is 1. The summed E-state index contributed by atoms with van der Waals surface area (Å²) in [5, 5.41) is 0. The average molecular weight is 324 g/mol. The first-order valence-electron chi connectivity index (χ1n) is 7.41. The molecule has 1 atom stereocenters. The standard InChI is InChI=1S/C16H24N2O3S/c1-15(2,3)21-13-7-6-12(10-17-13)14(19)18-8-9-22(20)16(4,5)11-18/h6-7,10H,8-9,11H2,1-5H3/t22-/m1/s1. The largest absolute Gasteiger partial charge is 0.472 e. The van der Waals surface area contributed by atoms with E-state index in [9.17, 15) is 9.00 Å². The van der Waals surface area contributed by atoms with Crippen molar-refractivity contribution in [2.75, 3.05) is 18.8 Å². The molecule has 1 amide bonds. The molecule has 1 aromatic heterocycles. The molecular weight excluding hydrogens is 300 g/mol. The lowest BCUT2D eigenvalue weighted by atomic mass is 10.1. The second kappa shape index (κ2) is 5.99. The molecule has 1 aliphatic heterocycles. The van der Waals surface area contributed by atoms with E-state index in [-0.39, 0.29) is 16.3 Å². The number of carbonyl (C=O) groups is 1. The maximum absolute atomic E-state index is 12.5. The van der Waals surface area contributed by atoms with Crippen molar-refractivity contribution in [2.24, 2.45) is 0 Å². The Morgan fingerprint density at radius 1 is 1.36 bits per heavy atom. The van der Waals surface area contributed by atoms with Gasteiger partial charge in [0, 0.05) is 41.9 Å². The van der Waals surface area contributed by atoms with E-state index in [1.807, 2.05) is 34.6 Å². The minimum atomic E-state index is -0.889. The van der Waals surface area contributed by atoms with E-state index >= 15 is 0 Å². The number of rotatable bonds is 2. The first-order chi connectivity index (χ1) is 10.1. The SMILES string of the molecule is CC(C)(C)Oc1ccc(C(=O)N2CC[S@@](=O)C(C)(C)C2)cn1. The Bertz CT molecular complexity index is 576. The Balaban J connectivity index is 2.09. The predicted molar refractivity (Wildman–Crippen MR) is 87.6 cm³/mol. The fraction of sp³-hybridized carbons (Fsp3) is 0.625. The van der Waals surface area contributed by atoms with Gasteiger partial charge in [-0.15, -0.1) is 0 Å². The van der Waals surface area contributed by atoms with Gasteiger partial charge in [0.05, 0.1) is 10.3 Å². The fourth-order valence-electron chi connectivity index (χ4n) is 2.32. The third-order valence-electron chi connectivity index (χ3n) is 3.42. The van der Waals surface area contributed by atoms with Crippen molar-refractivity contribution in [2.45, 2.75) is 45.0 Å². The zero-order valence-electron chi connectivity index (χ0n) is 13.9. The molecule has 122 valence electrons. The topological polar surface area (TPSA) is 59.5 Å². The quantitative estimate of drug-likeness (QED) is 0.837. The third-order valence-corrected chi connectivity index (χ3v) is 5.33. The van der Waals surface area contributed by atoms with Crippen LogP contribution in [-0.4, -0.2) is 49.2 Å². The van der Waals surface area contributed by atoms with Crippen LogP contribution in [0.2, 0.25) is 0 Å². The van der Waals surface area contributed by atoms with Crippen molar-refractivity contribution >= 4 is 16.7 Å². The molecule has 0 saturated carbocycles. The molecule has 2 heterocycles. The summed E-state index contributed by atoms with van der Waals surface area (Å²) in [6.07, 6.45) is 1.54. The van der Waals surface area contributed by atoms with Gasteiger partial charge >= 0.3 is 0 Å². The molecule has 0 N–H and O–H groups in total. The highest BCUT2D eigenvalue weighted by Crippen LogP contribution is 2.22. The monoisotopic (exact) mass is 324 g/mol. The van der Waals surface area contributed by atoms with Crippen LogP contribution in [0, 0.1) is 0 Å². The Hall–Kier alpha value is -1.43. The Morgan fingerprint density at radius 2 is 2.05 bits per heavy atom. The maximum atomic E-state index is 12.5. The summed E-state index contributed by atoms with van der Waals surface area (Å²) in [4.78, 5) is 18.5. The normalized spacial score (nSPS) is 21.5. The first kappa shape index (κ1) is 16.9. The van der Waals surface area contributed by atoms with Crippen LogP contribution in [0.4, 0.5) is 0 Å². The Morgan fingerprint density at radius 3 is 2.55 bits per heavy atom. The van der Waals surface area contributed by atoms with E-state index in [0.717, 1.165) is 0 Å². The van der Waals surface area contributed by atoms with Crippen LogP contribution in [-0.2, 0) is 10.8 Å². The summed E-state index contributed by atoms with van der Waals surface area (Å²) in [5.41, 5.74) is 0.212. The summed E-state index contributed by atoms with van der Waals surface area (Å²) in [7, 11) is -0.889. The summed E-state index contributed by atoms with van der Waals surface area (Å²) in [6.45, 7) is 10.7. The number of aromatic nitrogens is 1. The van der Waals surface area contributed by atoms with Crippen molar-refractivity contribution in [3.8, 4) is 5.88 Å². The summed E-state index contributed by atoms with van der Waals surface area (Å²) < 4.78 is 17.2. The van der Waals surface area contributed by atoms with Gasteiger partial charge in [0.15, 0.2) is 0 Å². The lowest BCUT2D eigenvalue weighted by Crippen LogP contribution is -2.52. The molecule has 6 heteroatoms. The van der Waals surface area contributed by atoms with E-state index in [4.69, 9.17) is 4.74 Å². The van der Waals surface area contributed by atoms with Crippen LogP contribution >= 0.6 is 0 Å². The molecule has 0 aliphatic carbocycles. The summed E-state index contributed by atoms with van der Waals surface area (Å²) in [5.74, 6) is 0.959. The first-order valence-corrected chi connectivity index (χ1v) is 8.73. The molecule has 0 aromatic carbocycles. The van der Waals surface area contributed by atoms with E-state index in [2.05, 4.69) is 4.98 Å². The van der Waals surface area contributed by atoms with Gasteiger partial charge in [-0.2, -0.15) is 0 Å². The van der Waals surface area contributed by atoms with Crippen LogP contribution in [0.1, 0.15) is 45.0 Å². The van der Waals surface area contributed by atoms with E-state index < -0.39 is 10.8 Å². The van der Waals surface area contributed by atoms with Gasteiger partial charge < -0.3 is 9.64 Å². The van der Waals surface area contributed by atoms with Crippen LogP contribution in [0.3, 0.4) is 0 Å². The second-order valence-electron chi connectivity index (χ2n) is 7.14. The maximum Gasteiger partial charge on any atom is 0.255 e. The summed E-state index contributed by atoms with van der Waals surface area (Å²) in [6, 6.07) is 3.45. The number of hydrogen-bond acceptors (Lipinski definition) is 4. The number of nitrogens with zero attached hydrogens (tertiary/aromatic N) is 2. The highest BCUT2D eigenvalue weighted by Gasteiger charge is 2.35. The minimum absolute atomic E-state index is 0.0698. The predicted octanol–water partition coefficient (Wildman–Crippen LogP) is 2.24. The van der Waals surface area contributed by atoms with Crippen molar-refractivity contribution < 1.29 is 13.7 Å². The Labute approximate surface area is 134 Å². The van der Waals surface area contributed by atoms with Crippen molar-refractivity contribution in [3.63, 3.8) is 0 Å². The zero-order chi connectivity index (χ0) is 16.5. The van der Waals surface area contributed by atoms with Gasteiger partial charge in [0.25, 0.3) is 5.91 Å². The molecule has 22 heavy (non-hydrogen) atoms. The third kappa shape index (κ3) is 4.06. The highest BCUT2D eigenvalue weighted by atomic mass is 32.2. The number of ether oxygens (including phenoxy) is 1. The van der Waals surface area contributed by atoms with Crippen molar-refractivity contribution in [1.82, 2.24) is 9.88 Å². The van der Waals surface area contributed by atoms with Gasteiger partial charge in [-0.3, -0.25) is 9.00 Å². The van der Waals surface area contributed by atoms with E-state index in [1.54, 1.807) is 23.2 Å². The molecule has 0 radical (unpaired) electrons. The van der Waals surface area contributed by atoms with Crippen LogP contribution in [0.25, 0.3) is 0 Å². The zero-order valence-corrected chi connectivity index (χ0v) is 14.7. The summed E-state index contributed by atoms with van der Waals surface area (Å²) >= 11 is 0. The van der Waals surface area contributed by atoms with Gasteiger partial charge in [-0.05, 0) is 40.7 Å². The fourth-order valence-corrected chi connectivity index (χ4v) is 3.56. The average Bonchev–Trinajstić information content (AvgIpc) is 2.40. The van der Waals surface area contributed by atoms with Crippen molar-refractivity contribution in [1.29, 1.82) is 0 Å². The number of hydrogen-bond donors (Lipinski definition) is 0. The molecule has 1 saturated heterocycles. The number of pyridine rings is 1. The lowest BCUT2D eigenvalue weighted by Gasteiger charge is -2.37. The molecule has 0 unspecified atom stereocenters. The second-order valence-corrected chi connectivity index (χ2v) is 9.34. The lowest BCUT2D eigenvalue weighted by molar-refractivity contribution is 0.0745. The molecule has 5 nitrogen and oxygen atoms in total. The van der Waals surface area contributed by atoms with Gasteiger partial charge in [0.1, 0.15) is 5.60 Å².